The summed E-state index contributed by atoms with van der Waals surface area (Å²) in [6, 6.07) is 14.4. The number of amides is 1. The van der Waals surface area contributed by atoms with Crippen molar-refractivity contribution in [2.75, 3.05) is 44.1 Å². The van der Waals surface area contributed by atoms with Gasteiger partial charge < -0.3 is 24.4 Å². The standard InChI is InChI=1S/C24H25N3O5/c1-30-17-9-10-20(21(14-17)31-2)25-22(28)15-32-24(29)18-13-16-7-3-4-8-19(16)26-23(18)27-11-5-6-12-27/h3-4,7-10,13-14H,5-6,11-12,15H2,1-2H3,(H,25,28). The molecule has 1 N–H and O–H groups in total. The highest BCUT2D eigenvalue weighted by molar-refractivity contribution is 6.01. The maximum absolute atomic E-state index is 12.9. The van der Waals surface area contributed by atoms with E-state index in [1.54, 1.807) is 31.4 Å². The number of nitrogens with one attached hydrogen (secondary N) is 1. The predicted molar refractivity (Wildman–Crippen MR) is 122 cm³/mol. The highest BCUT2D eigenvalue weighted by Gasteiger charge is 2.23. The van der Waals surface area contributed by atoms with Gasteiger partial charge in [-0.05, 0) is 37.1 Å². The van der Waals surface area contributed by atoms with Crippen molar-refractivity contribution < 1.29 is 23.8 Å². The maximum atomic E-state index is 12.9. The maximum Gasteiger partial charge on any atom is 0.342 e. The lowest BCUT2D eigenvalue weighted by atomic mass is 10.1. The first-order valence-electron chi connectivity index (χ1n) is 10.4. The van der Waals surface area contributed by atoms with Gasteiger partial charge in [-0.1, -0.05) is 18.2 Å². The SMILES string of the molecule is COc1ccc(NC(=O)COC(=O)c2cc3ccccc3nc2N2CCCC2)c(OC)c1. The van der Waals surface area contributed by atoms with Crippen molar-refractivity contribution in [3.05, 3.63) is 54.1 Å². The quantitative estimate of drug-likeness (QED) is 0.567. The van der Waals surface area contributed by atoms with E-state index in [1.807, 2.05) is 24.3 Å². The van der Waals surface area contributed by atoms with Crippen LogP contribution in [0.25, 0.3) is 10.9 Å². The Hall–Kier alpha value is -3.81. The second kappa shape index (κ2) is 9.55. The summed E-state index contributed by atoms with van der Waals surface area (Å²) >= 11 is 0. The lowest BCUT2D eigenvalue weighted by Crippen LogP contribution is -2.25. The summed E-state index contributed by atoms with van der Waals surface area (Å²) in [4.78, 5) is 32.1. The van der Waals surface area contributed by atoms with Crippen LogP contribution in [0.5, 0.6) is 11.5 Å². The lowest BCUT2D eigenvalue weighted by Gasteiger charge is -2.20. The van der Waals surface area contributed by atoms with Gasteiger partial charge in [0, 0.05) is 24.5 Å². The molecule has 1 amide bonds. The van der Waals surface area contributed by atoms with Crippen LogP contribution in [-0.2, 0) is 9.53 Å². The molecule has 1 aliphatic heterocycles. The molecule has 1 aromatic heterocycles. The number of rotatable bonds is 7. The average Bonchev–Trinajstić information content (AvgIpc) is 3.37. The number of hydrogen-bond acceptors (Lipinski definition) is 7. The fraction of sp³-hybridized carbons (Fsp3) is 0.292. The lowest BCUT2D eigenvalue weighted by molar-refractivity contribution is -0.119. The van der Waals surface area contributed by atoms with Crippen LogP contribution in [0.4, 0.5) is 11.5 Å². The van der Waals surface area contributed by atoms with Gasteiger partial charge in [-0.15, -0.1) is 0 Å². The number of nitrogens with zero attached hydrogens (tertiary/aromatic N) is 2. The van der Waals surface area contributed by atoms with Crippen molar-refractivity contribution >= 4 is 34.3 Å². The second-order valence-corrected chi connectivity index (χ2v) is 7.44. The molecule has 0 radical (unpaired) electrons. The fourth-order valence-corrected chi connectivity index (χ4v) is 3.72. The van der Waals surface area contributed by atoms with E-state index in [1.165, 1.54) is 7.11 Å². The molecule has 3 aromatic rings. The van der Waals surface area contributed by atoms with Crippen molar-refractivity contribution in [1.82, 2.24) is 4.98 Å². The van der Waals surface area contributed by atoms with Gasteiger partial charge in [0.15, 0.2) is 6.61 Å². The zero-order valence-corrected chi connectivity index (χ0v) is 18.1. The Balaban J connectivity index is 1.49. The second-order valence-electron chi connectivity index (χ2n) is 7.44. The molecule has 32 heavy (non-hydrogen) atoms. The van der Waals surface area contributed by atoms with Gasteiger partial charge in [0.05, 0.1) is 25.4 Å². The van der Waals surface area contributed by atoms with Crippen LogP contribution in [0.3, 0.4) is 0 Å². The Kier molecular flexibility index (Phi) is 6.39. The van der Waals surface area contributed by atoms with Crippen molar-refractivity contribution in [3.63, 3.8) is 0 Å². The third kappa shape index (κ3) is 4.59. The largest absolute Gasteiger partial charge is 0.497 e. The number of fused-ring (bicyclic) bond motifs is 1. The van der Waals surface area contributed by atoms with Crippen LogP contribution in [0.2, 0.25) is 0 Å². The molecular weight excluding hydrogens is 410 g/mol. The minimum absolute atomic E-state index is 0.362. The van der Waals surface area contributed by atoms with Gasteiger partial charge in [-0.3, -0.25) is 4.79 Å². The summed E-state index contributed by atoms with van der Waals surface area (Å²) in [6.45, 7) is 1.24. The number of carbonyl (C=O) groups is 2. The number of methoxy groups -OCH3 is 2. The van der Waals surface area contributed by atoms with Crippen LogP contribution >= 0.6 is 0 Å². The number of carbonyl (C=O) groups excluding carboxylic acids is 2. The monoisotopic (exact) mass is 435 g/mol. The topological polar surface area (TPSA) is 90.0 Å². The zero-order chi connectivity index (χ0) is 22.5. The van der Waals surface area contributed by atoms with E-state index >= 15 is 0 Å². The number of ether oxygens (including phenoxy) is 3. The summed E-state index contributed by atoms with van der Waals surface area (Å²) in [5.41, 5.74) is 1.63. The Bertz CT molecular complexity index is 1140. The number of anilines is 2. The predicted octanol–water partition coefficient (Wildman–Crippen LogP) is 3.65. The van der Waals surface area contributed by atoms with Crippen LogP contribution in [-0.4, -0.2) is 50.8 Å². The van der Waals surface area contributed by atoms with E-state index in [9.17, 15) is 9.59 Å². The normalized spacial score (nSPS) is 13.1. The molecule has 8 nitrogen and oxygen atoms in total. The van der Waals surface area contributed by atoms with Crippen LogP contribution < -0.4 is 19.7 Å². The van der Waals surface area contributed by atoms with E-state index < -0.39 is 18.5 Å². The molecule has 0 bridgehead atoms. The summed E-state index contributed by atoms with van der Waals surface area (Å²) in [7, 11) is 3.04. The molecule has 2 aromatic carbocycles. The smallest absolute Gasteiger partial charge is 0.342 e. The summed E-state index contributed by atoms with van der Waals surface area (Å²) in [5, 5.41) is 3.54. The van der Waals surface area contributed by atoms with Gasteiger partial charge >= 0.3 is 5.97 Å². The van der Waals surface area contributed by atoms with Crippen LogP contribution in [0.15, 0.2) is 48.5 Å². The number of aromatic nitrogens is 1. The highest BCUT2D eigenvalue weighted by atomic mass is 16.5. The summed E-state index contributed by atoms with van der Waals surface area (Å²) < 4.78 is 15.8. The van der Waals surface area contributed by atoms with Crippen molar-refractivity contribution in [2.45, 2.75) is 12.8 Å². The molecule has 166 valence electrons. The highest BCUT2D eigenvalue weighted by Crippen LogP contribution is 2.29. The Morgan fingerprint density at radius 1 is 1.03 bits per heavy atom. The molecule has 8 heteroatoms. The van der Waals surface area contributed by atoms with Gasteiger partial charge in [0.2, 0.25) is 0 Å². The molecule has 0 spiro atoms. The van der Waals surface area contributed by atoms with Crippen molar-refractivity contribution in [2.24, 2.45) is 0 Å². The fourth-order valence-electron chi connectivity index (χ4n) is 3.72. The van der Waals surface area contributed by atoms with E-state index in [0.717, 1.165) is 36.8 Å². The van der Waals surface area contributed by atoms with Crippen molar-refractivity contribution in [3.8, 4) is 11.5 Å². The first kappa shape index (κ1) is 21.4. The van der Waals surface area contributed by atoms with Gasteiger partial charge in [-0.2, -0.15) is 0 Å². The molecule has 0 atom stereocenters. The number of benzene rings is 2. The number of esters is 1. The molecular formula is C24H25N3O5. The molecule has 1 fully saturated rings. The first-order chi connectivity index (χ1) is 15.6. The Labute approximate surface area is 186 Å². The first-order valence-corrected chi connectivity index (χ1v) is 10.4. The third-order valence-electron chi connectivity index (χ3n) is 5.35. The minimum atomic E-state index is -0.581. The molecule has 0 aliphatic carbocycles. The zero-order valence-electron chi connectivity index (χ0n) is 18.1. The molecule has 1 aliphatic rings. The molecule has 2 heterocycles. The molecule has 0 unspecified atom stereocenters. The Morgan fingerprint density at radius 2 is 1.81 bits per heavy atom. The number of hydrogen-bond donors (Lipinski definition) is 1. The van der Waals surface area contributed by atoms with Gasteiger partial charge in [0.25, 0.3) is 5.91 Å². The Morgan fingerprint density at radius 3 is 2.56 bits per heavy atom. The molecule has 4 rings (SSSR count). The van der Waals surface area contributed by atoms with Crippen LogP contribution in [0, 0.1) is 0 Å². The number of para-hydroxylation sites is 1. The average molecular weight is 435 g/mol. The number of pyridine rings is 1. The molecule has 1 saturated heterocycles. The van der Waals surface area contributed by atoms with Crippen molar-refractivity contribution in [1.29, 1.82) is 0 Å². The van der Waals surface area contributed by atoms with E-state index in [-0.39, 0.29) is 0 Å². The summed E-state index contributed by atoms with van der Waals surface area (Å²) in [6.07, 6.45) is 2.10. The third-order valence-corrected chi connectivity index (χ3v) is 5.35. The van der Waals surface area contributed by atoms with E-state index in [0.29, 0.717) is 28.6 Å². The van der Waals surface area contributed by atoms with Crippen LogP contribution in [0.1, 0.15) is 23.2 Å². The van der Waals surface area contributed by atoms with Gasteiger partial charge in [-0.25, -0.2) is 9.78 Å². The molecule has 0 saturated carbocycles. The van der Waals surface area contributed by atoms with E-state index in [2.05, 4.69) is 10.2 Å². The summed E-state index contributed by atoms with van der Waals surface area (Å²) in [5.74, 6) is 0.590. The van der Waals surface area contributed by atoms with Gasteiger partial charge in [0.1, 0.15) is 22.9 Å². The van der Waals surface area contributed by atoms with E-state index in [4.69, 9.17) is 19.2 Å². The minimum Gasteiger partial charge on any atom is -0.497 e.